The fraction of sp³-hybridized carbons (Fsp3) is 0.433. The molecule has 1 aromatic rings. The Kier molecular flexibility index (Phi) is 15.3. The molecule has 4 atom stereocenters. The highest BCUT2D eigenvalue weighted by Crippen LogP contribution is 2.29. The maximum absolute atomic E-state index is 12.7. The summed E-state index contributed by atoms with van der Waals surface area (Å²) in [6, 6.07) is -0.0472. The number of carbonyl (C=O) groups is 8. The van der Waals surface area contributed by atoms with Crippen molar-refractivity contribution in [2.45, 2.75) is 62.3 Å². The van der Waals surface area contributed by atoms with Crippen LogP contribution in [0.4, 0.5) is 0 Å². The molecule has 0 aromatic heterocycles. The van der Waals surface area contributed by atoms with Crippen molar-refractivity contribution in [3.8, 4) is 11.5 Å². The second-order valence-electron chi connectivity index (χ2n) is 11.3. The highest BCUT2D eigenvalue weighted by molar-refractivity contribution is 6.07. The first-order valence-electron chi connectivity index (χ1n) is 15.3. The fourth-order valence-corrected chi connectivity index (χ4v) is 4.60. The van der Waals surface area contributed by atoms with E-state index in [4.69, 9.17) is 31.2 Å². The van der Waals surface area contributed by atoms with Gasteiger partial charge in [0.1, 0.15) is 23.8 Å². The summed E-state index contributed by atoms with van der Waals surface area (Å²) in [7, 11) is 1.32. The fourth-order valence-electron chi connectivity index (χ4n) is 4.60. The Bertz CT molecular complexity index is 1630. The lowest BCUT2D eigenvalue weighted by molar-refractivity contribution is -0.165. The van der Waals surface area contributed by atoms with Crippen molar-refractivity contribution in [2.24, 2.45) is 16.5 Å². The van der Waals surface area contributed by atoms with Crippen molar-refractivity contribution in [3.63, 3.8) is 0 Å². The van der Waals surface area contributed by atoms with E-state index in [0.29, 0.717) is 12.0 Å². The number of aliphatic imine (C=N–C) groups is 1. The predicted molar refractivity (Wildman–Crippen MR) is 174 cm³/mol. The first-order valence-corrected chi connectivity index (χ1v) is 15.3. The second-order valence-corrected chi connectivity index (χ2v) is 11.3. The molecule has 2 rings (SSSR count). The number of nitrogens with zero attached hydrogens (tertiary/aromatic N) is 1. The molecule has 1 fully saturated rings. The number of ether oxygens (including phenoxy) is 2. The molecule has 0 spiro atoms. The lowest BCUT2D eigenvalue weighted by Gasteiger charge is -2.25. The third-order valence-corrected chi connectivity index (χ3v) is 7.18. The number of hydrogen-bond acceptors (Lipinski definition) is 12. The molecule has 0 bridgehead atoms. The topological polar surface area (TPSA) is 369 Å². The van der Waals surface area contributed by atoms with Gasteiger partial charge in [-0.1, -0.05) is 6.07 Å². The Morgan fingerprint density at radius 2 is 1.60 bits per heavy atom. The molecule has 13 N–H and O–H groups in total. The largest absolute Gasteiger partial charge is 0.493 e. The standard InChI is InChI=1S/C30H39N7O15/c1-51-19-5-4-14(9-17-25(43)36-15(24(42)37-17)3-2-7-33-29(31)32)10-20(19)52-8-6-16(26(44)45)34-21(38)12-30(50,28(48)49)13-22(39)35-18(27(46)47)11-23(40)41/h4-5,9-10,15-16,18,50H,2-3,6-8,11-13H2,1H3,(H,34,38)(H,35,39)(H,36,43)(H,37,42)(H,40,41)(H,44,45)(H,46,47)(H,48,49)(H4,31,32,33)/b17-9-/t15-,16-,18-,30-/m0/s1. The summed E-state index contributed by atoms with van der Waals surface area (Å²) in [5.41, 5.74) is 7.71. The summed E-state index contributed by atoms with van der Waals surface area (Å²) in [6.45, 7) is -0.109. The van der Waals surface area contributed by atoms with Gasteiger partial charge in [0.25, 0.3) is 5.91 Å². The average Bonchev–Trinajstić information content (AvgIpc) is 3.03. The number of methoxy groups -OCH3 is 1. The zero-order chi connectivity index (χ0) is 39.2. The Hall–Kier alpha value is -6.45. The zero-order valence-corrected chi connectivity index (χ0v) is 27.6. The van der Waals surface area contributed by atoms with E-state index in [-0.39, 0.29) is 42.7 Å². The number of guanidine groups is 1. The maximum Gasteiger partial charge on any atom is 0.336 e. The average molecular weight is 738 g/mol. The van der Waals surface area contributed by atoms with Crippen LogP contribution in [-0.4, -0.2) is 123 Å². The zero-order valence-electron chi connectivity index (χ0n) is 27.6. The summed E-state index contributed by atoms with van der Waals surface area (Å²) in [5.74, 6) is -10.6. The lowest BCUT2D eigenvalue weighted by Crippen LogP contribution is -2.54. The summed E-state index contributed by atoms with van der Waals surface area (Å²) >= 11 is 0. The second kappa shape index (κ2) is 19.1. The molecule has 1 aliphatic heterocycles. The molecular weight excluding hydrogens is 698 g/mol. The minimum Gasteiger partial charge on any atom is -0.493 e. The molecule has 0 saturated carbocycles. The van der Waals surface area contributed by atoms with Gasteiger partial charge in [0.05, 0.1) is 33.0 Å². The molecule has 0 aliphatic carbocycles. The van der Waals surface area contributed by atoms with Gasteiger partial charge in [-0.15, -0.1) is 0 Å². The van der Waals surface area contributed by atoms with Crippen molar-refractivity contribution in [2.75, 3.05) is 20.3 Å². The highest BCUT2D eigenvalue weighted by Gasteiger charge is 2.42. The third-order valence-electron chi connectivity index (χ3n) is 7.18. The number of benzene rings is 1. The van der Waals surface area contributed by atoms with Gasteiger partial charge in [-0.3, -0.25) is 29.0 Å². The third kappa shape index (κ3) is 13.1. The minimum absolute atomic E-state index is 0.0706. The van der Waals surface area contributed by atoms with E-state index in [1.54, 1.807) is 5.32 Å². The molecule has 4 amide bonds. The van der Waals surface area contributed by atoms with Gasteiger partial charge in [0.2, 0.25) is 17.7 Å². The van der Waals surface area contributed by atoms with E-state index in [2.05, 4.69) is 15.6 Å². The Balaban J connectivity index is 2.06. The van der Waals surface area contributed by atoms with Crippen LogP contribution in [0.1, 0.15) is 44.1 Å². The lowest BCUT2D eigenvalue weighted by atomic mass is 9.94. The van der Waals surface area contributed by atoms with Gasteiger partial charge in [-0.05, 0) is 36.6 Å². The van der Waals surface area contributed by atoms with Gasteiger partial charge in [-0.2, -0.15) is 0 Å². The van der Waals surface area contributed by atoms with Crippen LogP contribution < -0.4 is 42.2 Å². The van der Waals surface area contributed by atoms with E-state index in [1.807, 2.05) is 5.32 Å². The number of nitrogens with one attached hydrogen (secondary N) is 4. The SMILES string of the molecule is COc1ccc(/C=C2\NC(=O)[C@H](CCCN=C(N)N)NC2=O)cc1OCC[C@H](NC(=O)C[C@](O)(CC(=O)N[C@@H](CC(=O)O)C(=O)O)C(=O)O)C(=O)O. The van der Waals surface area contributed by atoms with Crippen LogP contribution in [-0.2, 0) is 38.4 Å². The molecule has 1 saturated heterocycles. The number of carboxylic acids is 4. The van der Waals surface area contributed by atoms with Gasteiger partial charge < -0.3 is 67.7 Å². The molecule has 1 heterocycles. The first kappa shape index (κ1) is 41.7. The van der Waals surface area contributed by atoms with Crippen LogP contribution in [0, 0.1) is 0 Å². The number of rotatable bonds is 21. The number of amides is 4. The molecule has 284 valence electrons. The van der Waals surface area contributed by atoms with Crippen LogP contribution >= 0.6 is 0 Å². The number of carbonyl (C=O) groups excluding carboxylic acids is 4. The number of aliphatic hydroxyl groups is 1. The van der Waals surface area contributed by atoms with Gasteiger partial charge in [0, 0.05) is 13.0 Å². The van der Waals surface area contributed by atoms with Crippen molar-refractivity contribution < 1.29 is 73.4 Å². The molecular formula is C30H39N7O15. The van der Waals surface area contributed by atoms with Crippen LogP contribution in [0.25, 0.3) is 6.08 Å². The number of piperazine rings is 1. The molecule has 0 radical (unpaired) electrons. The highest BCUT2D eigenvalue weighted by atomic mass is 16.5. The maximum atomic E-state index is 12.7. The van der Waals surface area contributed by atoms with Crippen molar-refractivity contribution in [1.29, 1.82) is 0 Å². The predicted octanol–water partition coefficient (Wildman–Crippen LogP) is -3.32. The van der Waals surface area contributed by atoms with E-state index >= 15 is 0 Å². The van der Waals surface area contributed by atoms with Crippen LogP contribution in [0.2, 0.25) is 0 Å². The normalized spacial score (nSPS) is 16.9. The Labute approximate surface area is 294 Å². The quantitative estimate of drug-likeness (QED) is 0.0254. The summed E-state index contributed by atoms with van der Waals surface area (Å²) in [4.78, 5) is 99.5. The Morgan fingerprint density at radius 1 is 0.981 bits per heavy atom. The summed E-state index contributed by atoms with van der Waals surface area (Å²) in [5, 5.41) is 56.3. The van der Waals surface area contributed by atoms with Gasteiger partial charge >= 0.3 is 23.9 Å². The number of nitrogens with two attached hydrogens (primary N) is 2. The van der Waals surface area contributed by atoms with E-state index in [1.165, 1.54) is 31.4 Å². The smallest absolute Gasteiger partial charge is 0.336 e. The molecule has 22 nitrogen and oxygen atoms in total. The van der Waals surface area contributed by atoms with E-state index in [0.717, 1.165) is 0 Å². The minimum atomic E-state index is -3.13. The van der Waals surface area contributed by atoms with Crippen LogP contribution in [0.15, 0.2) is 28.9 Å². The van der Waals surface area contributed by atoms with E-state index in [9.17, 15) is 53.7 Å². The molecule has 1 aromatic carbocycles. The van der Waals surface area contributed by atoms with Crippen LogP contribution in [0.5, 0.6) is 11.5 Å². The van der Waals surface area contributed by atoms with Crippen molar-refractivity contribution in [1.82, 2.24) is 21.3 Å². The number of hydrogen-bond donors (Lipinski definition) is 11. The molecule has 1 aliphatic rings. The van der Waals surface area contributed by atoms with Gasteiger partial charge in [-0.25, -0.2) is 14.4 Å². The van der Waals surface area contributed by atoms with Gasteiger partial charge in [0.15, 0.2) is 23.1 Å². The monoisotopic (exact) mass is 737 g/mol. The van der Waals surface area contributed by atoms with E-state index < -0.39 is 96.9 Å². The molecule has 52 heavy (non-hydrogen) atoms. The first-order chi connectivity index (χ1) is 24.3. The van der Waals surface area contributed by atoms with Crippen LogP contribution in [0.3, 0.4) is 0 Å². The number of aliphatic carboxylic acids is 4. The number of carboxylic acid groups (broad SMARTS) is 4. The van der Waals surface area contributed by atoms with Crippen molar-refractivity contribution in [3.05, 3.63) is 29.5 Å². The molecule has 22 heteroatoms. The summed E-state index contributed by atoms with van der Waals surface area (Å²) in [6.07, 6.45) is -2.14. The Morgan fingerprint density at radius 3 is 2.13 bits per heavy atom. The van der Waals surface area contributed by atoms with Crippen molar-refractivity contribution >= 4 is 59.5 Å². The molecule has 0 unspecified atom stereocenters. The summed E-state index contributed by atoms with van der Waals surface area (Å²) < 4.78 is 10.9.